The molecule has 1 N–H and O–H groups in total. The van der Waals surface area contributed by atoms with E-state index in [1.54, 1.807) is 0 Å². The van der Waals surface area contributed by atoms with Crippen molar-refractivity contribution in [2.45, 2.75) is 45.6 Å². The van der Waals surface area contributed by atoms with Gasteiger partial charge in [0.05, 0.1) is 0 Å². The molecule has 19 heavy (non-hydrogen) atoms. The van der Waals surface area contributed by atoms with Gasteiger partial charge in [0.15, 0.2) is 0 Å². The van der Waals surface area contributed by atoms with Crippen LogP contribution in [0.15, 0.2) is 42.5 Å². The van der Waals surface area contributed by atoms with Gasteiger partial charge in [0.1, 0.15) is 5.78 Å². The topological polar surface area (TPSA) is 29.1 Å². The second-order valence-electron chi connectivity index (χ2n) is 4.77. The highest BCUT2D eigenvalue weighted by atomic mass is 16.1. The number of nitrogens with one attached hydrogen (secondary N) is 1. The second-order valence-corrected chi connectivity index (χ2v) is 4.77. The standard InChI is InChI=1S/C17H25NO/c1-2-3-12-17(19)13-8-5-9-14-18-15-16-10-6-4-7-11-16/h4-7,9-11,18H,2-3,8,12-15H2,1H3/b9-5+. The van der Waals surface area contributed by atoms with Crippen LogP contribution in [0.5, 0.6) is 0 Å². The Morgan fingerprint density at radius 2 is 1.95 bits per heavy atom. The molecule has 104 valence electrons. The Morgan fingerprint density at radius 1 is 1.16 bits per heavy atom. The van der Waals surface area contributed by atoms with Crippen molar-refractivity contribution in [1.29, 1.82) is 0 Å². The number of rotatable bonds is 10. The molecular weight excluding hydrogens is 234 g/mol. The molecule has 0 saturated carbocycles. The summed E-state index contributed by atoms with van der Waals surface area (Å²) in [7, 11) is 0. The van der Waals surface area contributed by atoms with Crippen LogP contribution in [0.25, 0.3) is 0 Å². The molecule has 0 spiro atoms. The molecule has 0 aliphatic carbocycles. The summed E-state index contributed by atoms with van der Waals surface area (Å²) in [6, 6.07) is 10.4. The second kappa shape index (κ2) is 10.5. The van der Waals surface area contributed by atoms with Gasteiger partial charge in [-0.2, -0.15) is 0 Å². The minimum Gasteiger partial charge on any atom is -0.309 e. The number of hydrogen-bond acceptors (Lipinski definition) is 2. The van der Waals surface area contributed by atoms with Gasteiger partial charge in [-0.25, -0.2) is 0 Å². The molecule has 0 heterocycles. The number of carbonyl (C=O) groups is 1. The monoisotopic (exact) mass is 259 g/mol. The predicted molar refractivity (Wildman–Crippen MR) is 81.1 cm³/mol. The number of allylic oxidation sites excluding steroid dienone is 1. The maximum atomic E-state index is 11.4. The van der Waals surface area contributed by atoms with E-state index < -0.39 is 0 Å². The van der Waals surface area contributed by atoms with E-state index in [1.807, 2.05) is 6.07 Å². The molecule has 2 nitrogen and oxygen atoms in total. The number of carbonyl (C=O) groups excluding carboxylic acids is 1. The Kier molecular flexibility index (Phi) is 8.65. The molecule has 1 rings (SSSR count). The first-order valence-electron chi connectivity index (χ1n) is 7.24. The molecule has 0 atom stereocenters. The third-order valence-corrected chi connectivity index (χ3v) is 3.00. The average molecular weight is 259 g/mol. The first kappa shape index (κ1) is 15.6. The fraction of sp³-hybridized carbons (Fsp3) is 0.471. The zero-order valence-corrected chi connectivity index (χ0v) is 11.9. The van der Waals surface area contributed by atoms with Crippen molar-refractivity contribution in [3.63, 3.8) is 0 Å². The molecule has 0 bridgehead atoms. The Hall–Kier alpha value is -1.41. The third-order valence-electron chi connectivity index (χ3n) is 3.00. The van der Waals surface area contributed by atoms with Crippen LogP contribution in [-0.2, 0) is 11.3 Å². The lowest BCUT2D eigenvalue weighted by Crippen LogP contribution is -2.12. The Balaban J connectivity index is 2.00. The van der Waals surface area contributed by atoms with Crippen LogP contribution in [0.1, 0.15) is 44.6 Å². The molecule has 1 aromatic rings. The van der Waals surface area contributed by atoms with Crippen molar-refractivity contribution in [3.05, 3.63) is 48.0 Å². The van der Waals surface area contributed by atoms with Crippen LogP contribution in [0, 0.1) is 0 Å². The normalized spacial score (nSPS) is 11.0. The van der Waals surface area contributed by atoms with E-state index in [-0.39, 0.29) is 0 Å². The summed E-state index contributed by atoms with van der Waals surface area (Å²) in [6.07, 6.45) is 8.64. The molecular formula is C17H25NO. The average Bonchev–Trinajstić information content (AvgIpc) is 2.45. The molecule has 0 saturated heterocycles. The lowest BCUT2D eigenvalue weighted by Gasteiger charge is -2.01. The molecule has 0 aliphatic heterocycles. The van der Waals surface area contributed by atoms with Gasteiger partial charge in [0, 0.05) is 25.9 Å². The predicted octanol–water partition coefficient (Wildman–Crippen LogP) is 3.87. The van der Waals surface area contributed by atoms with Crippen LogP contribution >= 0.6 is 0 Å². The SMILES string of the molecule is CCCCC(=O)CC/C=C/CNCc1ccccc1. The van der Waals surface area contributed by atoms with E-state index in [0.29, 0.717) is 12.2 Å². The van der Waals surface area contributed by atoms with Crippen molar-refractivity contribution in [2.75, 3.05) is 6.54 Å². The summed E-state index contributed by atoms with van der Waals surface area (Å²) in [5.41, 5.74) is 1.30. The van der Waals surface area contributed by atoms with E-state index in [9.17, 15) is 4.79 Å². The summed E-state index contributed by atoms with van der Waals surface area (Å²) < 4.78 is 0. The first-order valence-corrected chi connectivity index (χ1v) is 7.24. The van der Waals surface area contributed by atoms with Gasteiger partial charge in [-0.05, 0) is 18.4 Å². The lowest BCUT2D eigenvalue weighted by molar-refractivity contribution is -0.119. The number of hydrogen-bond donors (Lipinski definition) is 1. The highest BCUT2D eigenvalue weighted by molar-refractivity contribution is 5.78. The third kappa shape index (κ3) is 8.33. The summed E-state index contributed by atoms with van der Waals surface area (Å²) >= 11 is 0. The summed E-state index contributed by atoms with van der Waals surface area (Å²) in [6.45, 7) is 3.87. The van der Waals surface area contributed by atoms with E-state index in [2.05, 4.69) is 48.7 Å². The van der Waals surface area contributed by atoms with Crippen LogP contribution in [0.2, 0.25) is 0 Å². The molecule has 0 radical (unpaired) electrons. The fourth-order valence-electron chi connectivity index (χ4n) is 1.84. The number of unbranched alkanes of at least 4 members (excludes halogenated alkanes) is 1. The molecule has 1 aromatic carbocycles. The largest absolute Gasteiger partial charge is 0.309 e. The molecule has 0 aliphatic rings. The maximum absolute atomic E-state index is 11.4. The molecule has 0 unspecified atom stereocenters. The highest BCUT2D eigenvalue weighted by Crippen LogP contribution is 2.01. The van der Waals surface area contributed by atoms with Gasteiger partial charge in [-0.1, -0.05) is 55.8 Å². The van der Waals surface area contributed by atoms with Crippen molar-refractivity contribution >= 4 is 5.78 Å². The van der Waals surface area contributed by atoms with E-state index in [4.69, 9.17) is 0 Å². The molecule has 0 amide bonds. The smallest absolute Gasteiger partial charge is 0.133 e. The summed E-state index contributed by atoms with van der Waals surface area (Å²) in [4.78, 5) is 11.4. The summed E-state index contributed by atoms with van der Waals surface area (Å²) in [5.74, 6) is 0.392. The van der Waals surface area contributed by atoms with Gasteiger partial charge >= 0.3 is 0 Å². The highest BCUT2D eigenvalue weighted by Gasteiger charge is 1.98. The van der Waals surface area contributed by atoms with Crippen molar-refractivity contribution in [1.82, 2.24) is 5.32 Å². The fourth-order valence-corrected chi connectivity index (χ4v) is 1.84. The molecule has 0 aromatic heterocycles. The maximum Gasteiger partial charge on any atom is 0.133 e. The van der Waals surface area contributed by atoms with E-state index in [0.717, 1.165) is 38.8 Å². The van der Waals surface area contributed by atoms with Gasteiger partial charge < -0.3 is 5.32 Å². The number of benzene rings is 1. The number of ketones is 1. The molecule has 0 fully saturated rings. The lowest BCUT2D eigenvalue weighted by atomic mass is 10.1. The Labute approximate surface area is 116 Å². The summed E-state index contributed by atoms with van der Waals surface area (Å²) in [5, 5.41) is 3.35. The van der Waals surface area contributed by atoms with E-state index >= 15 is 0 Å². The van der Waals surface area contributed by atoms with Gasteiger partial charge in [0.25, 0.3) is 0 Å². The van der Waals surface area contributed by atoms with Gasteiger partial charge in [-0.3, -0.25) is 4.79 Å². The van der Waals surface area contributed by atoms with E-state index in [1.165, 1.54) is 5.56 Å². The van der Waals surface area contributed by atoms with Crippen LogP contribution in [-0.4, -0.2) is 12.3 Å². The molecule has 2 heteroatoms. The Bertz CT molecular complexity index is 370. The quantitative estimate of drug-likeness (QED) is 0.510. The minimum absolute atomic E-state index is 0.392. The van der Waals surface area contributed by atoms with Gasteiger partial charge in [0.2, 0.25) is 0 Å². The number of Topliss-reactive ketones (excluding diaryl/α,β-unsaturated/α-hetero) is 1. The van der Waals surface area contributed by atoms with Crippen LogP contribution in [0.4, 0.5) is 0 Å². The van der Waals surface area contributed by atoms with Crippen molar-refractivity contribution in [3.8, 4) is 0 Å². The zero-order chi connectivity index (χ0) is 13.8. The zero-order valence-electron chi connectivity index (χ0n) is 11.9. The van der Waals surface area contributed by atoms with Crippen molar-refractivity contribution in [2.24, 2.45) is 0 Å². The first-order chi connectivity index (χ1) is 9.33. The van der Waals surface area contributed by atoms with Crippen molar-refractivity contribution < 1.29 is 4.79 Å². The van der Waals surface area contributed by atoms with Gasteiger partial charge in [-0.15, -0.1) is 0 Å². The van der Waals surface area contributed by atoms with Crippen LogP contribution < -0.4 is 5.32 Å². The minimum atomic E-state index is 0.392. The Morgan fingerprint density at radius 3 is 2.68 bits per heavy atom. The van der Waals surface area contributed by atoms with Crippen LogP contribution in [0.3, 0.4) is 0 Å².